The van der Waals surface area contributed by atoms with Crippen molar-refractivity contribution in [2.24, 2.45) is 11.7 Å². The average Bonchev–Trinajstić information content (AvgIpc) is 2.44. The van der Waals surface area contributed by atoms with Gasteiger partial charge >= 0.3 is 0 Å². The number of carbonyl (C=O) groups excluding carboxylic acids is 1. The summed E-state index contributed by atoms with van der Waals surface area (Å²) >= 11 is 0. The minimum atomic E-state index is 0. The van der Waals surface area contributed by atoms with E-state index >= 15 is 0 Å². The Hall–Kier alpha value is -1.26. The minimum Gasteiger partial charge on any atom is -0.493 e. The highest BCUT2D eigenvalue weighted by Gasteiger charge is 2.12. The first-order valence-corrected chi connectivity index (χ1v) is 7.59. The second-order valence-electron chi connectivity index (χ2n) is 5.93. The van der Waals surface area contributed by atoms with E-state index in [-0.39, 0.29) is 24.4 Å². The van der Waals surface area contributed by atoms with E-state index in [9.17, 15) is 4.79 Å². The molecule has 1 aromatic rings. The molecule has 0 fully saturated rings. The van der Waals surface area contributed by atoms with Gasteiger partial charge in [-0.3, -0.25) is 4.79 Å². The monoisotopic (exact) mass is 328 g/mol. The molecule has 1 amide bonds. The Balaban J connectivity index is 0.00000441. The van der Waals surface area contributed by atoms with Crippen LogP contribution in [0.1, 0.15) is 32.3 Å². The van der Waals surface area contributed by atoms with Gasteiger partial charge in [0.05, 0.1) is 13.0 Å². The van der Waals surface area contributed by atoms with Crippen molar-refractivity contribution in [1.29, 1.82) is 0 Å². The van der Waals surface area contributed by atoms with Crippen LogP contribution in [0.15, 0.2) is 24.3 Å². The number of aryl methyl sites for hydroxylation is 1. The maximum absolute atomic E-state index is 12.0. The number of hydrogen-bond donors (Lipinski definition) is 1. The molecule has 2 N–H and O–H groups in total. The molecule has 126 valence electrons. The first-order chi connectivity index (χ1) is 9.90. The fourth-order valence-corrected chi connectivity index (χ4v) is 1.95. The Morgan fingerprint density at radius 2 is 2.05 bits per heavy atom. The number of halogens is 1. The van der Waals surface area contributed by atoms with Crippen molar-refractivity contribution in [2.75, 3.05) is 20.2 Å². The van der Waals surface area contributed by atoms with Crippen molar-refractivity contribution < 1.29 is 9.53 Å². The molecule has 1 atom stereocenters. The molecule has 5 heteroatoms. The Labute approximate surface area is 140 Å². The maximum Gasteiger partial charge on any atom is 0.225 e. The lowest BCUT2D eigenvalue weighted by molar-refractivity contribution is -0.130. The van der Waals surface area contributed by atoms with Crippen LogP contribution in [-0.2, 0) is 4.79 Å². The summed E-state index contributed by atoms with van der Waals surface area (Å²) in [5.74, 6) is 1.35. The third kappa shape index (κ3) is 7.66. The molecule has 0 heterocycles. The molecule has 1 unspecified atom stereocenters. The van der Waals surface area contributed by atoms with Crippen LogP contribution in [0.2, 0.25) is 0 Å². The second kappa shape index (κ2) is 10.5. The number of amides is 1. The first kappa shape index (κ1) is 20.7. The van der Waals surface area contributed by atoms with Gasteiger partial charge in [-0.05, 0) is 37.0 Å². The summed E-state index contributed by atoms with van der Waals surface area (Å²) in [7, 11) is 1.82. The van der Waals surface area contributed by atoms with Crippen molar-refractivity contribution in [3.8, 4) is 5.75 Å². The van der Waals surface area contributed by atoms with Gasteiger partial charge in [0.1, 0.15) is 5.75 Å². The molecule has 0 aliphatic heterocycles. The minimum absolute atomic E-state index is 0. The average molecular weight is 329 g/mol. The molecule has 0 saturated carbocycles. The highest BCUT2D eigenvalue weighted by molar-refractivity contribution is 5.85. The topological polar surface area (TPSA) is 55.6 Å². The van der Waals surface area contributed by atoms with Crippen LogP contribution in [0, 0.1) is 12.8 Å². The van der Waals surface area contributed by atoms with E-state index in [1.165, 1.54) is 0 Å². The zero-order valence-corrected chi connectivity index (χ0v) is 14.9. The molecule has 0 saturated heterocycles. The smallest absolute Gasteiger partial charge is 0.225 e. The molecule has 0 spiro atoms. The van der Waals surface area contributed by atoms with Crippen LogP contribution in [0.3, 0.4) is 0 Å². The molecular weight excluding hydrogens is 300 g/mol. The van der Waals surface area contributed by atoms with Gasteiger partial charge < -0.3 is 15.4 Å². The molecule has 0 radical (unpaired) electrons. The van der Waals surface area contributed by atoms with Gasteiger partial charge in [0, 0.05) is 19.6 Å². The summed E-state index contributed by atoms with van der Waals surface area (Å²) < 4.78 is 5.60. The summed E-state index contributed by atoms with van der Waals surface area (Å²) in [6.45, 7) is 7.32. The molecule has 0 aromatic heterocycles. The normalized spacial score (nSPS) is 11.7. The lowest BCUT2D eigenvalue weighted by Crippen LogP contribution is -2.35. The van der Waals surface area contributed by atoms with Crippen molar-refractivity contribution in [2.45, 2.75) is 39.7 Å². The molecule has 0 aliphatic rings. The fraction of sp³-hybridized carbons (Fsp3) is 0.588. The van der Waals surface area contributed by atoms with Crippen LogP contribution in [0.5, 0.6) is 5.75 Å². The summed E-state index contributed by atoms with van der Waals surface area (Å²) in [4.78, 5) is 13.7. The van der Waals surface area contributed by atoms with Gasteiger partial charge in [0.2, 0.25) is 5.91 Å². The summed E-state index contributed by atoms with van der Waals surface area (Å²) in [5.41, 5.74) is 7.14. The van der Waals surface area contributed by atoms with Crippen molar-refractivity contribution >= 4 is 18.3 Å². The van der Waals surface area contributed by atoms with E-state index in [2.05, 4.69) is 13.8 Å². The van der Waals surface area contributed by atoms with E-state index in [0.717, 1.165) is 17.7 Å². The third-order valence-corrected chi connectivity index (χ3v) is 3.65. The molecule has 22 heavy (non-hydrogen) atoms. The Morgan fingerprint density at radius 3 is 2.64 bits per heavy atom. The molecule has 4 nitrogen and oxygen atoms in total. The predicted octanol–water partition coefficient (Wildman–Crippen LogP) is 3.02. The zero-order chi connectivity index (χ0) is 15.8. The lowest BCUT2D eigenvalue weighted by atomic mass is 10.0. The van der Waals surface area contributed by atoms with Crippen LogP contribution in [-0.4, -0.2) is 37.0 Å². The quantitative estimate of drug-likeness (QED) is 0.798. The van der Waals surface area contributed by atoms with E-state index in [4.69, 9.17) is 10.5 Å². The number of nitrogens with two attached hydrogens (primary N) is 1. The van der Waals surface area contributed by atoms with E-state index in [1.54, 1.807) is 4.90 Å². The van der Waals surface area contributed by atoms with Gasteiger partial charge in [-0.25, -0.2) is 0 Å². The van der Waals surface area contributed by atoms with E-state index in [0.29, 0.717) is 25.5 Å². The first-order valence-electron chi connectivity index (χ1n) is 7.59. The third-order valence-electron chi connectivity index (χ3n) is 3.65. The SMILES string of the molecule is Cc1cccc(OCCC(=O)N(C)CCC(N)C(C)C)c1.Cl. The van der Waals surface area contributed by atoms with Crippen LogP contribution in [0.4, 0.5) is 0 Å². The van der Waals surface area contributed by atoms with Gasteiger partial charge in [-0.1, -0.05) is 26.0 Å². The van der Waals surface area contributed by atoms with Gasteiger partial charge in [0.15, 0.2) is 0 Å². The van der Waals surface area contributed by atoms with E-state index in [1.807, 2.05) is 38.2 Å². The molecule has 0 bridgehead atoms. The van der Waals surface area contributed by atoms with Crippen molar-refractivity contribution in [3.63, 3.8) is 0 Å². The molecule has 1 aromatic carbocycles. The Morgan fingerprint density at radius 1 is 1.36 bits per heavy atom. The molecule has 1 rings (SSSR count). The fourth-order valence-electron chi connectivity index (χ4n) is 1.95. The number of benzene rings is 1. The number of ether oxygens (including phenoxy) is 1. The number of carbonyl (C=O) groups is 1. The van der Waals surface area contributed by atoms with Crippen molar-refractivity contribution in [1.82, 2.24) is 4.90 Å². The predicted molar refractivity (Wildman–Crippen MR) is 93.6 cm³/mol. The Kier molecular flexibility index (Phi) is 9.86. The Bertz CT molecular complexity index is 452. The standard InChI is InChI=1S/C17H28N2O2.ClH/c1-13(2)16(18)8-10-19(4)17(20)9-11-21-15-7-5-6-14(3)12-15;/h5-7,12-13,16H,8-11,18H2,1-4H3;1H. The van der Waals surface area contributed by atoms with Crippen LogP contribution < -0.4 is 10.5 Å². The van der Waals surface area contributed by atoms with Gasteiger partial charge in [-0.2, -0.15) is 0 Å². The highest BCUT2D eigenvalue weighted by atomic mass is 35.5. The van der Waals surface area contributed by atoms with Gasteiger partial charge in [0.25, 0.3) is 0 Å². The number of hydrogen-bond acceptors (Lipinski definition) is 3. The summed E-state index contributed by atoms with van der Waals surface area (Å²) in [6.07, 6.45) is 1.22. The largest absolute Gasteiger partial charge is 0.493 e. The van der Waals surface area contributed by atoms with E-state index < -0.39 is 0 Å². The number of rotatable bonds is 8. The number of nitrogens with zero attached hydrogens (tertiary/aromatic N) is 1. The molecular formula is C17H29ClN2O2. The zero-order valence-electron chi connectivity index (χ0n) is 14.0. The summed E-state index contributed by atoms with van der Waals surface area (Å²) in [5, 5.41) is 0. The van der Waals surface area contributed by atoms with Gasteiger partial charge in [-0.15, -0.1) is 12.4 Å². The summed E-state index contributed by atoms with van der Waals surface area (Å²) in [6, 6.07) is 7.98. The second-order valence-corrected chi connectivity index (χ2v) is 5.93. The highest BCUT2D eigenvalue weighted by Crippen LogP contribution is 2.12. The lowest BCUT2D eigenvalue weighted by Gasteiger charge is -2.21. The van der Waals surface area contributed by atoms with Crippen LogP contribution in [0.25, 0.3) is 0 Å². The van der Waals surface area contributed by atoms with Crippen LogP contribution >= 0.6 is 12.4 Å². The van der Waals surface area contributed by atoms with Crippen molar-refractivity contribution in [3.05, 3.63) is 29.8 Å². The molecule has 0 aliphatic carbocycles. The maximum atomic E-state index is 12.0.